The van der Waals surface area contributed by atoms with Gasteiger partial charge in [0.2, 0.25) is 21.8 Å². The molecular formula is C22H27ClFN3O4S. The summed E-state index contributed by atoms with van der Waals surface area (Å²) in [6.45, 7) is 3.37. The molecule has 174 valence electrons. The predicted octanol–water partition coefficient (Wildman–Crippen LogP) is 3.19. The van der Waals surface area contributed by atoms with Crippen LogP contribution in [0.3, 0.4) is 0 Å². The van der Waals surface area contributed by atoms with Gasteiger partial charge in [-0.1, -0.05) is 42.8 Å². The average Bonchev–Trinajstić information content (AvgIpc) is 2.73. The van der Waals surface area contributed by atoms with Crippen molar-refractivity contribution in [2.24, 2.45) is 0 Å². The van der Waals surface area contributed by atoms with E-state index in [9.17, 15) is 22.4 Å². The van der Waals surface area contributed by atoms with E-state index < -0.39 is 34.3 Å². The second-order valence-electron chi connectivity index (χ2n) is 7.19. The number of para-hydroxylation sites is 1. The number of hydrogen-bond donors (Lipinski definition) is 1. The quantitative estimate of drug-likeness (QED) is 0.562. The first kappa shape index (κ1) is 25.6. The van der Waals surface area contributed by atoms with Crippen molar-refractivity contribution in [3.05, 3.63) is 64.9 Å². The Bertz CT molecular complexity index is 1050. The molecule has 32 heavy (non-hydrogen) atoms. The zero-order valence-electron chi connectivity index (χ0n) is 18.2. The molecule has 2 aromatic rings. The average molecular weight is 484 g/mol. The van der Waals surface area contributed by atoms with Crippen LogP contribution in [0.1, 0.15) is 25.8 Å². The Labute approximate surface area is 193 Å². The Hall–Kier alpha value is -2.65. The van der Waals surface area contributed by atoms with Crippen LogP contribution < -0.4 is 9.62 Å². The zero-order valence-corrected chi connectivity index (χ0v) is 19.8. The highest BCUT2D eigenvalue weighted by atomic mass is 35.5. The number of rotatable bonds is 10. The summed E-state index contributed by atoms with van der Waals surface area (Å²) in [7, 11) is -3.86. The molecule has 0 saturated heterocycles. The lowest BCUT2D eigenvalue weighted by atomic mass is 10.1. The highest BCUT2D eigenvalue weighted by molar-refractivity contribution is 7.92. The van der Waals surface area contributed by atoms with E-state index in [1.165, 1.54) is 41.3 Å². The van der Waals surface area contributed by atoms with Crippen molar-refractivity contribution in [3.8, 4) is 0 Å². The zero-order chi connectivity index (χ0) is 23.9. The number of carbonyl (C=O) groups excluding carboxylic acids is 2. The van der Waals surface area contributed by atoms with Crippen molar-refractivity contribution < 1.29 is 22.4 Å². The molecule has 0 fully saturated rings. The molecule has 2 rings (SSSR count). The maximum Gasteiger partial charge on any atom is 0.244 e. The number of nitrogens with zero attached hydrogens (tertiary/aromatic N) is 2. The normalized spacial score (nSPS) is 12.2. The van der Waals surface area contributed by atoms with Crippen molar-refractivity contribution in [2.75, 3.05) is 23.7 Å². The number of carbonyl (C=O) groups is 2. The van der Waals surface area contributed by atoms with Gasteiger partial charge in [-0.3, -0.25) is 13.9 Å². The number of nitrogens with one attached hydrogen (secondary N) is 1. The van der Waals surface area contributed by atoms with Crippen molar-refractivity contribution in [3.63, 3.8) is 0 Å². The van der Waals surface area contributed by atoms with Gasteiger partial charge in [0.15, 0.2) is 0 Å². The first-order chi connectivity index (χ1) is 15.1. The molecule has 0 aliphatic rings. The first-order valence-corrected chi connectivity index (χ1v) is 12.3. The van der Waals surface area contributed by atoms with Gasteiger partial charge in [0.1, 0.15) is 18.4 Å². The number of halogens is 2. The summed E-state index contributed by atoms with van der Waals surface area (Å²) >= 11 is 6.18. The van der Waals surface area contributed by atoms with E-state index in [4.69, 9.17) is 11.6 Å². The highest BCUT2D eigenvalue weighted by Crippen LogP contribution is 2.27. The number of amides is 2. The molecule has 0 radical (unpaired) electrons. The summed E-state index contributed by atoms with van der Waals surface area (Å²) in [4.78, 5) is 27.4. The summed E-state index contributed by atoms with van der Waals surface area (Å²) in [6.07, 6.45) is 1.29. The number of benzene rings is 2. The van der Waals surface area contributed by atoms with E-state index in [0.717, 1.165) is 10.6 Å². The fraction of sp³-hybridized carbons (Fsp3) is 0.364. The lowest BCUT2D eigenvalue weighted by molar-refractivity contribution is -0.140. The summed E-state index contributed by atoms with van der Waals surface area (Å²) in [5.41, 5.74) is 0.768. The van der Waals surface area contributed by atoms with Crippen molar-refractivity contribution in [2.45, 2.75) is 32.9 Å². The Morgan fingerprint density at radius 3 is 2.25 bits per heavy atom. The maximum atomic E-state index is 13.4. The SMILES string of the molecule is CCNC(=O)[C@H](CC)N(Cc1ccc(F)cc1)C(=O)CN(c1ccccc1Cl)S(C)(=O)=O. The Kier molecular flexibility index (Phi) is 9.03. The molecule has 0 saturated carbocycles. The predicted molar refractivity (Wildman–Crippen MR) is 123 cm³/mol. The Morgan fingerprint density at radius 2 is 1.72 bits per heavy atom. The van der Waals surface area contributed by atoms with Gasteiger partial charge in [-0.2, -0.15) is 0 Å². The second kappa shape index (κ2) is 11.3. The fourth-order valence-electron chi connectivity index (χ4n) is 3.25. The standard InChI is InChI=1S/C22H27ClFN3O4S/c1-4-19(22(29)25-5-2)26(14-16-10-12-17(24)13-11-16)21(28)15-27(32(3,30)31)20-9-7-6-8-18(20)23/h6-13,19H,4-5,14-15H2,1-3H3,(H,25,29)/t19-/m0/s1. The molecule has 0 aliphatic carbocycles. The third-order valence-electron chi connectivity index (χ3n) is 4.80. The molecule has 0 aliphatic heterocycles. The second-order valence-corrected chi connectivity index (χ2v) is 9.50. The third kappa shape index (κ3) is 6.67. The van der Waals surface area contributed by atoms with Gasteiger partial charge in [0.05, 0.1) is 17.0 Å². The Morgan fingerprint density at radius 1 is 1.09 bits per heavy atom. The van der Waals surface area contributed by atoms with E-state index in [2.05, 4.69) is 5.32 Å². The third-order valence-corrected chi connectivity index (χ3v) is 6.25. The van der Waals surface area contributed by atoms with Crippen LogP contribution in [0.25, 0.3) is 0 Å². The fourth-order valence-corrected chi connectivity index (χ4v) is 4.40. The molecule has 0 bridgehead atoms. The molecule has 2 amide bonds. The Balaban J connectivity index is 2.43. The van der Waals surface area contributed by atoms with Gasteiger partial charge >= 0.3 is 0 Å². The monoisotopic (exact) mass is 483 g/mol. The molecule has 10 heteroatoms. The van der Waals surface area contributed by atoms with Crippen LogP contribution in [-0.4, -0.2) is 50.5 Å². The molecule has 1 atom stereocenters. The van der Waals surface area contributed by atoms with Gasteiger partial charge in [-0.15, -0.1) is 0 Å². The minimum absolute atomic E-state index is 0.00881. The van der Waals surface area contributed by atoms with Gasteiger partial charge in [-0.05, 0) is 43.2 Å². The van der Waals surface area contributed by atoms with Crippen LogP contribution in [0.2, 0.25) is 5.02 Å². The minimum Gasteiger partial charge on any atom is -0.355 e. The number of sulfonamides is 1. The van der Waals surface area contributed by atoms with Crippen molar-refractivity contribution in [1.82, 2.24) is 10.2 Å². The largest absolute Gasteiger partial charge is 0.355 e. The van der Waals surface area contributed by atoms with Crippen LogP contribution in [0.5, 0.6) is 0 Å². The molecule has 2 aromatic carbocycles. The van der Waals surface area contributed by atoms with Crippen LogP contribution in [-0.2, 0) is 26.2 Å². The molecule has 0 heterocycles. The lowest BCUT2D eigenvalue weighted by Gasteiger charge is -2.33. The molecule has 0 unspecified atom stereocenters. The van der Waals surface area contributed by atoms with Gasteiger partial charge < -0.3 is 10.2 Å². The molecule has 0 spiro atoms. The summed E-state index contributed by atoms with van der Waals surface area (Å²) in [5.74, 6) is -1.36. The van der Waals surface area contributed by atoms with Crippen LogP contribution >= 0.6 is 11.6 Å². The van der Waals surface area contributed by atoms with Crippen molar-refractivity contribution >= 4 is 39.1 Å². The molecule has 0 aromatic heterocycles. The van der Waals surface area contributed by atoms with Crippen LogP contribution in [0, 0.1) is 5.82 Å². The van der Waals surface area contributed by atoms with Gasteiger partial charge in [-0.25, -0.2) is 12.8 Å². The summed E-state index contributed by atoms with van der Waals surface area (Å²) in [5, 5.41) is 2.88. The number of hydrogen-bond acceptors (Lipinski definition) is 4. The van der Waals surface area contributed by atoms with Crippen LogP contribution in [0.4, 0.5) is 10.1 Å². The van der Waals surface area contributed by atoms with Crippen LogP contribution in [0.15, 0.2) is 48.5 Å². The minimum atomic E-state index is -3.86. The van der Waals surface area contributed by atoms with E-state index >= 15 is 0 Å². The summed E-state index contributed by atoms with van der Waals surface area (Å²) < 4.78 is 39.2. The highest BCUT2D eigenvalue weighted by Gasteiger charge is 2.32. The number of anilines is 1. The smallest absolute Gasteiger partial charge is 0.244 e. The molecule has 1 N–H and O–H groups in total. The van der Waals surface area contributed by atoms with E-state index in [1.807, 2.05) is 0 Å². The van der Waals surface area contributed by atoms with E-state index in [0.29, 0.717) is 18.5 Å². The maximum absolute atomic E-state index is 13.4. The lowest BCUT2D eigenvalue weighted by Crippen LogP contribution is -2.52. The van der Waals surface area contributed by atoms with Gasteiger partial charge in [0.25, 0.3) is 0 Å². The topological polar surface area (TPSA) is 86.8 Å². The first-order valence-electron chi connectivity index (χ1n) is 10.1. The van der Waals surface area contributed by atoms with Crippen molar-refractivity contribution in [1.29, 1.82) is 0 Å². The molecule has 7 nitrogen and oxygen atoms in total. The molecular weight excluding hydrogens is 457 g/mol. The summed E-state index contributed by atoms with van der Waals surface area (Å²) in [6, 6.07) is 11.0. The van der Waals surface area contributed by atoms with Gasteiger partial charge in [0, 0.05) is 13.1 Å². The van der Waals surface area contributed by atoms with E-state index in [-0.39, 0.29) is 23.2 Å². The van der Waals surface area contributed by atoms with E-state index in [1.54, 1.807) is 26.0 Å². The number of likely N-dealkylation sites (N-methyl/N-ethyl adjacent to an activating group) is 1.